The molecule has 0 aliphatic rings. The first-order valence-electron chi connectivity index (χ1n) is 8.31. The Morgan fingerprint density at radius 2 is 1.52 bits per heavy atom. The van der Waals surface area contributed by atoms with Gasteiger partial charge in [0.15, 0.2) is 0 Å². The SMILES string of the molecule is CC.CC(COc1ccccc1)N(CCCl)Cc1ccccc1. The molecule has 0 bridgehead atoms. The predicted molar refractivity (Wildman–Crippen MR) is 100 cm³/mol. The molecule has 126 valence electrons. The van der Waals surface area contributed by atoms with Crippen molar-refractivity contribution < 1.29 is 4.74 Å². The second-order valence-electron chi connectivity index (χ2n) is 5.12. The lowest BCUT2D eigenvalue weighted by molar-refractivity contribution is 0.146. The van der Waals surface area contributed by atoms with E-state index in [0.717, 1.165) is 18.8 Å². The molecule has 2 aromatic carbocycles. The van der Waals surface area contributed by atoms with Crippen LogP contribution in [0.15, 0.2) is 60.7 Å². The third-order valence-corrected chi connectivity index (χ3v) is 3.63. The first kappa shape index (κ1) is 19.5. The zero-order valence-corrected chi connectivity index (χ0v) is 15.2. The number of benzene rings is 2. The summed E-state index contributed by atoms with van der Waals surface area (Å²) in [4.78, 5) is 2.35. The van der Waals surface area contributed by atoms with Crippen LogP contribution in [0.4, 0.5) is 0 Å². The minimum Gasteiger partial charge on any atom is -0.492 e. The van der Waals surface area contributed by atoms with Gasteiger partial charge in [0.05, 0.1) is 0 Å². The van der Waals surface area contributed by atoms with Gasteiger partial charge in [0.2, 0.25) is 0 Å². The van der Waals surface area contributed by atoms with Gasteiger partial charge in [-0.1, -0.05) is 62.4 Å². The number of halogens is 1. The Bertz CT molecular complexity index is 504. The van der Waals surface area contributed by atoms with Gasteiger partial charge in [-0.25, -0.2) is 0 Å². The van der Waals surface area contributed by atoms with Crippen LogP contribution in [0.2, 0.25) is 0 Å². The van der Waals surface area contributed by atoms with Crippen LogP contribution >= 0.6 is 11.6 Å². The van der Waals surface area contributed by atoms with Gasteiger partial charge in [-0.2, -0.15) is 0 Å². The third-order valence-electron chi connectivity index (χ3n) is 3.46. The molecule has 0 aliphatic carbocycles. The number of alkyl halides is 1. The van der Waals surface area contributed by atoms with Crippen molar-refractivity contribution in [3.05, 3.63) is 66.2 Å². The number of hydrogen-bond acceptors (Lipinski definition) is 2. The summed E-state index contributed by atoms with van der Waals surface area (Å²) in [6.45, 7) is 8.59. The van der Waals surface area contributed by atoms with Crippen LogP contribution in [-0.2, 0) is 6.54 Å². The molecule has 1 unspecified atom stereocenters. The van der Waals surface area contributed by atoms with Crippen molar-refractivity contribution in [1.82, 2.24) is 4.90 Å². The Morgan fingerprint density at radius 1 is 0.957 bits per heavy atom. The van der Waals surface area contributed by atoms with Crippen LogP contribution in [0.3, 0.4) is 0 Å². The van der Waals surface area contributed by atoms with E-state index in [1.54, 1.807) is 0 Å². The lowest BCUT2D eigenvalue weighted by Gasteiger charge is -2.28. The van der Waals surface area contributed by atoms with Crippen molar-refractivity contribution in [2.24, 2.45) is 0 Å². The maximum atomic E-state index is 5.94. The average molecular weight is 334 g/mol. The number of hydrogen-bond donors (Lipinski definition) is 0. The van der Waals surface area contributed by atoms with E-state index in [1.807, 2.05) is 50.2 Å². The molecule has 0 saturated heterocycles. The predicted octanol–water partition coefficient (Wildman–Crippen LogP) is 5.22. The van der Waals surface area contributed by atoms with Crippen molar-refractivity contribution >= 4 is 11.6 Å². The monoisotopic (exact) mass is 333 g/mol. The first-order chi connectivity index (χ1) is 11.3. The maximum absolute atomic E-state index is 5.94. The Morgan fingerprint density at radius 3 is 2.09 bits per heavy atom. The highest BCUT2D eigenvalue weighted by Gasteiger charge is 2.14. The molecular weight excluding hydrogens is 306 g/mol. The van der Waals surface area contributed by atoms with Gasteiger partial charge >= 0.3 is 0 Å². The minimum atomic E-state index is 0.309. The Kier molecular flexibility index (Phi) is 10.2. The molecule has 0 amide bonds. The second kappa shape index (κ2) is 12.0. The summed E-state index contributed by atoms with van der Waals surface area (Å²) in [6.07, 6.45) is 0. The molecule has 0 fully saturated rings. The molecule has 3 heteroatoms. The topological polar surface area (TPSA) is 12.5 Å². The van der Waals surface area contributed by atoms with Crippen LogP contribution in [-0.4, -0.2) is 30.0 Å². The highest BCUT2D eigenvalue weighted by molar-refractivity contribution is 6.18. The van der Waals surface area contributed by atoms with E-state index in [-0.39, 0.29) is 0 Å². The molecule has 0 heterocycles. The Hall–Kier alpha value is -1.51. The number of ether oxygens (including phenoxy) is 1. The fraction of sp³-hybridized carbons (Fsp3) is 0.400. The fourth-order valence-electron chi connectivity index (χ4n) is 2.22. The number of para-hydroxylation sites is 1. The lowest BCUT2D eigenvalue weighted by Crippen LogP contribution is -2.38. The zero-order valence-electron chi connectivity index (χ0n) is 14.4. The van der Waals surface area contributed by atoms with Gasteiger partial charge in [-0.15, -0.1) is 11.6 Å². The third kappa shape index (κ3) is 7.54. The van der Waals surface area contributed by atoms with Crippen molar-refractivity contribution in [3.8, 4) is 5.75 Å². The van der Waals surface area contributed by atoms with Gasteiger partial charge in [-0.3, -0.25) is 4.90 Å². The molecule has 0 N–H and O–H groups in total. The molecule has 0 aromatic heterocycles. The number of nitrogens with zero attached hydrogens (tertiary/aromatic N) is 1. The van der Waals surface area contributed by atoms with Gasteiger partial charge in [0.25, 0.3) is 0 Å². The van der Waals surface area contributed by atoms with Crippen molar-refractivity contribution in [2.75, 3.05) is 19.0 Å². The molecule has 2 aromatic rings. The molecule has 0 saturated carbocycles. The first-order valence-corrected chi connectivity index (χ1v) is 8.85. The zero-order chi connectivity index (χ0) is 16.9. The van der Waals surface area contributed by atoms with Gasteiger partial charge in [-0.05, 0) is 24.6 Å². The largest absolute Gasteiger partial charge is 0.492 e. The molecule has 0 radical (unpaired) electrons. The number of rotatable bonds is 8. The quantitative estimate of drug-likeness (QED) is 0.614. The molecule has 0 spiro atoms. The van der Waals surface area contributed by atoms with E-state index in [0.29, 0.717) is 18.5 Å². The van der Waals surface area contributed by atoms with Crippen LogP contribution in [0.1, 0.15) is 26.3 Å². The smallest absolute Gasteiger partial charge is 0.119 e. The van der Waals surface area contributed by atoms with Crippen LogP contribution in [0, 0.1) is 0 Å². The van der Waals surface area contributed by atoms with Crippen molar-refractivity contribution in [3.63, 3.8) is 0 Å². The van der Waals surface area contributed by atoms with E-state index < -0.39 is 0 Å². The second-order valence-corrected chi connectivity index (χ2v) is 5.50. The summed E-state index contributed by atoms with van der Waals surface area (Å²) in [6, 6.07) is 20.7. The summed E-state index contributed by atoms with van der Waals surface area (Å²) >= 11 is 5.94. The molecule has 2 nitrogen and oxygen atoms in total. The van der Waals surface area contributed by atoms with Crippen LogP contribution in [0.25, 0.3) is 0 Å². The maximum Gasteiger partial charge on any atom is 0.119 e. The van der Waals surface area contributed by atoms with Gasteiger partial charge in [0, 0.05) is 25.0 Å². The standard InChI is InChI=1S/C18H22ClNO.C2H6/c1-16(15-21-18-10-6-3-7-11-18)20(13-12-19)14-17-8-4-2-5-9-17;1-2/h2-11,16H,12-15H2,1H3;1-2H3. The highest BCUT2D eigenvalue weighted by atomic mass is 35.5. The van der Waals surface area contributed by atoms with Crippen molar-refractivity contribution in [1.29, 1.82) is 0 Å². The van der Waals surface area contributed by atoms with Gasteiger partial charge < -0.3 is 4.74 Å². The highest BCUT2D eigenvalue weighted by Crippen LogP contribution is 2.12. The van der Waals surface area contributed by atoms with Crippen LogP contribution < -0.4 is 4.74 Å². The van der Waals surface area contributed by atoms with E-state index in [2.05, 4.69) is 36.1 Å². The minimum absolute atomic E-state index is 0.309. The Balaban J connectivity index is 0.00000127. The summed E-state index contributed by atoms with van der Waals surface area (Å²) in [5.74, 6) is 1.54. The van der Waals surface area contributed by atoms with Gasteiger partial charge in [0.1, 0.15) is 12.4 Å². The average Bonchev–Trinajstić information content (AvgIpc) is 2.63. The van der Waals surface area contributed by atoms with Crippen LogP contribution in [0.5, 0.6) is 5.75 Å². The lowest BCUT2D eigenvalue weighted by atomic mass is 10.2. The normalized spacial score (nSPS) is 11.5. The van der Waals surface area contributed by atoms with E-state index in [4.69, 9.17) is 16.3 Å². The molecular formula is C20H28ClNO. The summed E-state index contributed by atoms with van der Waals surface area (Å²) in [7, 11) is 0. The molecule has 23 heavy (non-hydrogen) atoms. The van der Waals surface area contributed by atoms with E-state index in [9.17, 15) is 0 Å². The fourth-order valence-corrected chi connectivity index (χ4v) is 2.44. The Labute approximate surface area is 146 Å². The molecule has 0 aliphatic heterocycles. The molecule has 2 rings (SSSR count). The summed E-state index contributed by atoms with van der Waals surface area (Å²) < 4.78 is 5.85. The van der Waals surface area contributed by atoms with E-state index in [1.165, 1.54) is 5.56 Å². The summed E-state index contributed by atoms with van der Waals surface area (Å²) in [5, 5.41) is 0. The molecule has 1 atom stereocenters. The summed E-state index contributed by atoms with van der Waals surface area (Å²) in [5.41, 5.74) is 1.30. The van der Waals surface area contributed by atoms with E-state index >= 15 is 0 Å². The van der Waals surface area contributed by atoms with Crippen molar-refractivity contribution in [2.45, 2.75) is 33.4 Å².